The molecule has 1 aromatic carbocycles. The van der Waals surface area contributed by atoms with Crippen molar-refractivity contribution in [2.75, 3.05) is 38.2 Å². The minimum absolute atomic E-state index is 0.0387. The molecule has 144 valence electrons. The Morgan fingerprint density at radius 1 is 1.07 bits per heavy atom. The minimum atomic E-state index is 0.0387. The van der Waals surface area contributed by atoms with Gasteiger partial charge in [-0.15, -0.1) is 15.3 Å². The number of nitrogens with zero attached hydrogens (tertiary/aromatic N) is 6. The van der Waals surface area contributed by atoms with Gasteiger partial charge in [0.25, 0.3) is 5.91 Å². The van der Waals surface area contributed by atoms with Crippen LogP contribution in [0.1, 0.15) is 34.9 Å². The van der Waals surface area contributed by atoms with Gasteiger partial charge < -0.3 is 14.5 Å². The second-order valence-electron chi connectivity index (χ2n) is 7.31. The number of anilines is 1. The highest BCUT2D eigenvalue weighted by Crippen LogP contribution is 2.38. The van der Waals surface area contributed by atoms with Gasteiger partial charge in [0, 0.05) is 37.7 Å². The number of ether oxygens (including phenoxy) is 1. The van der Waals surface area contributed by atoms with E-state index in [-0.39, 0.29) is 5.91 Å². The molecular formula is C20H22N6O2. The number of fused-ring (bicyclic) bond motifs is 1. The fraction of sp³-hybridized carbons (Fsp3) is 0.400. The molecule has 3 heterocycles. The van der Waals surface area contributed by atoms with Crippen LogP contribution in [0.4, 0.5) is 5.82 Å². The average molecular weight is 378 g/mol. The Morgan fingerprint density at radius 3 is 2.64 bits per heavy atom. The van der Waals surface area contributed by atoms with Crippen LogP contribution >= 0.6 is 0 Å². The first-order valence-electron chi connectivity index (χ1n) is 9.63. The Hall–Kier alpha value is -3.16. The van der Waals surface area contributed by atoms with Crippen LogP contribution < -0.4 is 9.64 Å². The summed E-state index contributed by atoms with van der Waals surface area (Å²) in [6, 6.07) is 11.3. The second kappa shape index (κ2) is 6.78. The third kappa shape index (κ3) is 3.04. The van der Waals surface area contributed by atoms with Crippen LogP contribution in [-0.4, -0.2) is 63.9 Å². The summed E-state index contributed by atoms with van der Waals surface area (Å²) in [7, 11) is 1.61. The Labute approximate surface area is 162 Å². The highest BCUT2D eigenvalue weighted by Gasteiger charge is 2.30. The maximum atomic E-state index is 12.8. The zero-order valence-electron chi connectivity index (χ0n) is 15.8. The van der Waals surface area contributed by atoms with Crippen molar-refractivity contribution < 1.29 is 9.53 Å². The number of aromatic nitrogens is 4. The van der Waals surface area contributed by atoms with Crippen molar-refractivity contribution >= 4 is 17.4 Å². The van der Waals surface area contributed by atoms with E-state index < -0.39 is 0 Å². The molecule has 2 fully saturated rings. The van der Waals surface area contributed by atoms with Crippen LogP contribution in [-0.2, 0) is 0 Å². The zero-order chi connectivity index (χ0) is 19.1. The number of carbonyl (C=O) groups is 1. The summed E-state index contributed by atoms with van der Waals surface area (Å²) in [5.41, 5.74) is 1.45. The van der Waals surface area contributed by atoms with Crippen molar-refractivity contribution in [3.63, 3.8) is 0 Å². The molecule has 8 heteroatoms. The highest BCUT2D eigenvalue weighted by atomic mass is 16.5. The number of carbonyl (C=O) groups excluding carboxylic acids is 1. The Kier molecular flexibility index (Phi) is 4.11. The number of hydrogen-bond acceptors (Lipinski definition) is 6. The van der Waals surface area contributed by atoms with E-state index >= 15 is 0 Å². The average Bonchev–Trinajstić information content (AvgIpc) is 3.52. The fourth-order valence-corrected chi connectivity index (χ4v) is 3.64. The molecule has 3 aromatic rings. The lowest BCUT2D eigenvalue weighted by atomic mass is 10.1. The number of benzene rings is 1. The molecule has 1 saturated heterocycles. The van der Waals surface area contributed by atoms with Gasteiger partial charge in [0.2, 0.25) is 0 Å². The van der Waals surface area contributed by atoms with Crippen molar-refractivity contribution in [2.45, 2.75) is 18.8 Å². The predicted octanol–water partition coefficient (Wildman–Crippen LogP) is 1.97. The molecular weight excluding hydrogens is 356 g/mol. The number of hydrogen-bond donors (Lipinski definition) is 0. The lowest BCUT2D eigenvalue weighted by Crippen LogP contribution is -2.49. The maximum absolute atomic E-state index is 12.8. The maximum Gasteiger partial charge on any atom is 0.254 e. The van der Waals surface area contributed by atoms with Gasteiger partial charge in [0.05, 0.1) is 7.11 Å². The molecule has 1 aliphatic carbocycles. The van der Waals surface area contributed by atoms with Crippen molar-refractivity contribution in [3.05, 3.63) is 47.8 Å². The fourth-order valence-electron chi connectivity index (χ4n) is 3.64. The summed E-state index contributed by atoms with van der Waals surface area (Å²) in [6.07, 6.45) is 2.33. The van der Waals surface area contributed by atoms with Crippen molar-refractivity contribution in [2.24, 2.45) is 0 Å². The molecule has 0 atom stereocenters. The molecule has 2 aliphatic rings. The Bertz CT molecular complexity index is 1020. The van der Waals surface area contributed by atoms with Gasteiger partial charge in [0.15, 0.2) is 11.5 Å². The van der Waals surface area contributed by atoms with E-state index in [4.69, 9.17) is 9.84 Å². The van der Waals surface area contributed by atoms with E-state index in [1.54, 1.807) is 13.2 Å². The molecule has 28 heavy (non-hydrogen) atoms. The highest BCUT2D eigenvalue weighted by molar-refractivity contribution is 5.94. The van der Waals surface area contributed by atoms with Crippen molar-refractivity contribution in [1.82, 2.24) is 24.7 Å². The molecule has 2 aromatic heterocycles. The molecule has 0 bridgehead atoms. The van der Waals surface area contributed by atoms with Gasteiger partial charge in [-0.25, -0.2) is 0 Å². The zero-order valence-corrected chi connectivity index (χ0v) is 15.8. The first-order chi connectivity index (χ1) is 13.7. The first-order valence-corrected chi connectivity index (χ1v) is 9.63. The summed E-state index contributed by atoms with van der Waals surface area (Å²) in [5.74, 6) is 3.10. The van der Waals surface area contributed by atoms with E-state index in [2.05, 4.69) is 15.1 Å². The molecule has 8 nitrogen and oxygen atoms in total. The summed E-state index contributed by atoms with van der Waals surface area (Å²) >= 11 is 0. The van der Waals surface area contributed by atoms with Crippen molar-refractivity contribution in [3.8, 4) is 5.75 Å². The molecule has 5 rings (SSSR count). The molecule has 0 unspecified atom stereocenters. The summed E-state index contributed by atoms with van der Waals surface area (Å²) in [5, 5.41) is 13.3. The van der Waals surface area contributed by atoms with Crippen LogP contribution in [0.3, 0.4) is 0 Å². The van der Waals surface area contributed by atoms with E-state index in [1.807, 2.05) is 39.7 Å². The lowest BCUT2D eigenvalue weighted by molar-refractivity contribution is 0.0746. The molecule has 1 amide bonds. The standard InChI is InChI=1S/C20H22N6O2/c1-28-16-4-2-3-15(13-16)20(27)25-11-9-24(10-12-25)18-8-7-17-21-22-19(14-5-6-14)26(17)23-18/h2-4,7-8,13-14H,5-6,9-12H2,1H3. The van der Waals surface area contributed by atoms with Crippen LogP contribution in [0.15, 0.2) is 36.4 Å². The van der Waals surface area contributed by atoms with Crippen molar-refractivity contribution in [1.29, 1.82) is 0 Å². The smallest absolute Gasteiger partial charge is 0.254 e. The Balaban J connectivity index is 1.29. The number of rotatable bonds is 4. The third-order valence-corrected chi connectivity index (χ3v) is 5.42. The number of methoxy groups -OCH3 is 1. The molecule has 1 aliphatic heterocycles. The lowest BCUT2D eigenvalue weighted by Gasteiger charge is -2.35. The van der Waals surface area contributed by atoms with E-state index in [0.29, 0.717) is 30.3 Å². The Morgan fingerprint density at radius 2 is 1.89 bits per heavy atom. The predicted molar refractivity (Wildman–Crippen MR) is 104 cm³/mol. The number of piperazine rings is 1. The number of amides is 1. The quantitative estimate of drug-likeness (QED) is 0.691. The van der Waals surface area contributed by atoms with Gasteiger partial charge in [-0.05, 0) is 43.2 Å². The van der Waals surface area contributed by atoms with E-state index in [1.165, 1.54) is 0 Å². The topological polar surface area (TPSA) is 75.9 Å². The summed E-state index contributed by atoms with van der Waals surface area (Å²) in [4.78, 5) is 16.9. The van der Waals surface area contributed by atoms with Crippen LogP contribution in [0.2, 0.25) is 0 Å². The van der Waals surface area contributed by atoms with Gasteiger partial charge in [-0.2, -0.15) is 4.52 Å². The van der Waals surface area contributed by atoms with E-state index in [0.717, 1.165) is 43.2 Å². The summed E-state index contributed by atoms with van der Waals surface area (Å²) in [6.45, 7) is 2.81. The van der Waals surface area contributed by atoms with Crippen LogP contribution in [0.5, 0.6) is 5.75 Å². The SMILES string of the molecule is COc1cccc(C(=O)N2CCN(c3ccc4nnc(C5CC5)n4n3)CC2)c1. The monoisotopic (exact) mass is 378 g/mol. The second-order valence-corrected chi connectivity index (χ2v) is 7.31. The molecule has 0 radical (unpaired) electrons. The third-order valence-electron chi connectivity index (χ3n) is 5.42. The summed E-state index contributed by atoms with van der Waals surface area (Å²) < 4.78 is 7.10. The largest absolute Gasteiger partial charge is 0.497 e. The van der Waals surface area contributed by atoms with Gasteiger partial charge in [0.1, 0.15) is 11.6 Å². The molecule has 0 N–H and O–H groups in total. The molecule has 1 saturated carbocycles. The van der Waals surface area contributed by atoms with Gasteiger partial charge >= 0.3 is 0 Å². The minimum Gasteiger partial charge on any atom is -0.497 e. The van der Waals surface area contributed by atoms with Crippen LogP contribution in [0, 0.1) is 0 Å². The van der Waals surface area contributed by atoms with E-state index in [9.17, 15) is 4.79 Å². The van der Waals surface area contributed by atoms with Crippen LogP contribution in [0.25, 0.3) is 5.65 Å². The van der Waals surface area contributed by atoms with Gasteiger partial charge in [-0.1, -0.05) is 6.07 Å². The first kappa shape index (κ1) is 17.0. The van der Waals surface area contributed by atoms with Gasteiger partial charge in [-0.3, -0.25) is 4.79 Å². The normalized spacial score (nSPS) is 17.2. The molecule has 0 spiro atoms.